The van der Waals surface area contributed by atoms with Crippen LogP contribution in [0.15, 0.2) is 30.5 Å². The molecule has 0 radical (unpaired) electrons. The number of aliphatic carboxylic acids is 1. The van der Waals surface area contributed by atoms with E-state index in [1.165, 1.54) is 0 Å². The molecule has 0 aliphatic heterocycles. The lowest BCUT2D eigenvalue weighted by Crippen LogP contribution is -2.25. The van der Waals surface area contributed by atoms with Crippen LogP contribution in [0.1, 0.15) is 29.6 Å². The van der Waals surface area contributed by atoms with E-state index in [9.17, 15) is 9.59 Å². The predicted octanol–water partition coefficient (Wildman–Crippen LogP) is 2.87. The fourth-order valence-electron chi connectivity index (χ4n) is 2.03. The van der Waals surface area contributed by atoms with E-state index < -0.39 is 5.97 Å². The summed E-state index contributed by atoms with van der Waals surface area (Å²) in [6.07, 6.45) is 2.88. The van der Waals surface area contributed by atoms with Gasteiger partial charge in [-0.3, -0.25) is 14.6 Å². The minimum absolute atomic E-state index is 0.109. The first-order chi connectivity index (χ1) is 10.1. The monoisotopic (exact) mass is 306 g/mol. The Labute approximate surface area is 126 Å². The number of benzene rings is 1. The van der Waals surface area contributed by atoms with E-state index in [1.54, 1.807) is 24.4 Å². The zero-order valence-electron chi connectivity index (χ0n) is 11.3. The van der Waals surface area contributed by atoms with Gasteiger partial charge in [-0.15, -0.1) is 0 Å². The molecule has 110 valence electrons. The summed E-state index contributed by atoms with van der Waals surface area (Å²) in [4.78, 5) is 26.8. The Morgan fingerprint density at radius 1 is 1.29 bits per heavy atom. The number of rotatable bonds is 6. The van der Waals surface area contributed by atoms with Crippen LogP contribution < -0.4 is 5.32 Å². The van der Waals surface area contributed by atoms with Gasteiger partial charge in [0.25, 0.3) is 5.91 Å². The number of hydrogen-bond donors (Lipinski definition) is 2. The number of carboxylic acids is 1. The Kier molecular flexibility index (Phi) is 5.11. The maximum atomic E-state index is 12.2. The number of unbranched alkanes of at least 4 members (excludes halogenated alkanes) is 1. The van der Waals surface area contributed by atoms with Crippen molar-refractivity contribution in [3.05, 3.63) is 41.0 Å². The SMILES string of the molecule is O=C(O)CCCCNC(=O)c1cc(Cl)cc2cccnc12. The molecule has 0 atom stereocenters. The van der Waals surface area contributed by atoms with E-state index in [4.69, 9.17) is 16.7 Å². The largest absolute Gasteiger partial charge is 0.481 e. The Morgan fingerprint density at radius 3 is 2.86 bits per heavy atom. The van der Waals surface area contributed by atoms with Gasteiger partial charge in [-0.1, -0.05) is 17.7 Å². The molecule has 21 heavy (non-hydrogen) atoms. The molecule has 0 spiro atoms. The second-order valence-electron chi connectivity index (χ2n) is 4.64. The molecule has 1 aromatic carbocycles. The molecule has 0 aliphatic rings. The third kappa shape index (κ3) is 4.16. The van der Waals surface area contributed by atoms with Crippen molar-refractivity contribution in [2.75, 3.05) is 6.54 Å². The lowest BCUT2D eigenvalue weighted by Gasteiger charge is -2.08. The van der Waals surface area contributed by atoms with Crippen LogP contribution in [0, 0.1) is 0 Å². The number of hydrogen-bond acceptors (Lipinski definition) is 3. The highest BCUT2D eigenvalue weighted by Crippen LogP contribution is 2.22. The molecule has 5 nitrogen and oxygen atoms in total. The average molecular weight is 307 g/mol. The summed E-state index contributed by atoms with van der Waals surface area (Å²) in [6.45, 7) is 0.424. The Bertz CT molecular complexity index is 673. The summed E-state index contributed by atoms with van der Waals surface area (Å²) in [6, 6.07) is 6.97. The van der Waals surface area contributed by atoms with Crippen LogP contribution in [0.4, 0.5) is 0 Å². The Morgan fingerprint density at radius 2 is 2.10 bits per heavy atom. The Hall–Kier alpha value is -2.14. The van der Waals surface area contributed by atoms with Crippen LogP contribution in [0.25, 0.3) is 10.9 Å². The van der Waals surface area contributed by atoms with E-state index in [1.807, 2.05) is 6.07 Å². The minimum Gasteiger partial charge on any atom is -0.481 e. The van der Waals surface area contributed by atoms with E-state index in [0.29, 0.717) is 35.5 Å². The van der Waals surface area contributed by atoms with E-state index in [2.05, 4.69) is 10.3 Å². The van der Waals surface area contributed by atoms with Crippen molar-refractivity contribution in [2.24, 2.45) is 0 Å². The molecule has 2 aromatic rings. The smallest absolute Gasteiger partial charge is 0.303 e. The fraction of sp³-hybridized carbons (Fsp3) is 0.267. The predicted molar refractivity (Wildman–Crippen MR) is 80.6 cm³/mol. The van der Waals surface area contributed by atoms with E-state index in [-0.39, 0.29) is 12.3 Å². The molecule has 0 bridgehead atoms. The average Bonchev–Trinajstić information content (AvgIpc) is 2.45. The molecule has 2 rings (SSSR count). The first-order valence-electron chi connectivity index (χ1n) is 6.62. The normalized spacial score (nSPS) is 10.5. The van der Waals surface area contributed by atoms with Gasteiger partial charge in [0.2, 0.25) is 0 Å². The number of carboxylic acid groups (broad SMARTS) is 1. The molecular formula is C15H15ClN2O3. The standard InChI is InChI=1S/C15H15ClN2O3/c16-11-8-10-4-3-7-17-14(10)12(9-11)15(21)18-6-2-1-5-13(19)20/h3-4,7-9H,1-2,5-6H2,(H,18,21)(H,19,20). The highest BCUT2D eigenvalue weighted by molar-refractivity contribution is 6.32. The van der Waals surface area contributed by atoms with Gasteiger partial charge < -0.3 is 10.4 Å². The van der Waals surface area contributed by atoms with Crippen molar-refractivity contribution in [1.29, 1.82) is 0 Å². The van der Waals surface area contributed by atoms with Crippen LogP contribution in [0.5, 0.6) is 0 Å². The number of carbonyl (C=O) groups excluding carboxylic acids is 1. The maximum Gasteiger partial charge on any atom is 0.303 e. The molecule has 0 aliphatic carbocycles. The number of amides is 1. The molecule has 2 N–H and O–H groups in total. The molecule has 0 unspecified atom stereocenters. The summed E-state index contributed by atoms with van der Waals surface area (Å²) in [5.74, 6) is -1.08. The van der Waals surface area contributed by atoms with Gasteiger partial charge in [-0.05, 0) is 31.0 Å². The molecule has 1 aromatic heterocycles. The van der Waals surface area contributed by atoms with Crippen molar-refractivity contribution in [3.8, 4) is 0 Å². The van der Waals surface area contributed by atoms with Crippen molar-refractivity contribution < 1.29 is 14.7 Å². The zero-order chi connectivity index (χ0) is 15.2. The Balaban J connectivity index is 2.04. The van der Waals surface area contributed by atoms with E-state index >= 15 is 0 Å². The van der Waals surface area contributed by atoms with Crippen molar-refractivity contribution >= 4 is 34.4 Å². The van der Waals surface area contributed by atoms with Crippen molar-refractivity contribution in [2.45, 2.75) is 19.3 Å². The molecule has 0 saturated carbocycles. The van der Waals surface area contributed by atoms with Gasteiger partial charge in [0.15, 0.2) is 0 Å². The molecule has 1 heterocycles. The van der Waals surface area contributed by atoms with Crippen molar-refractivity contribution in [1.82, 2.24) is 10.3 Å². The second kappa shape index (κ2) is 7.04. The molecule has 6 heteroatoms. The van der Waals surface area contributed by atoms with Gasteiger partial charge in [-0.2, -0.15) is 0 Å². The van der Waals surface area contributed by atoms with Crippen molar-refractivity contribution in [3.63, 3.8) is 0 Å². The topological polar surface area (TPSA) is 79.3 Å². The van der Waals surface area contributed by atoms with Gasteiger partial charge in [0.1, 0.15) is 0 Å². The van der Waals surface area contributed by atoms with Gasteiger partial charge in [-0.25, -0.2) is 0 Å². The number of fused-ring (bicyclic) bond motifs is 1. The third-order valence-corrected chi connectivity index (χ3v) is 3.24. The zero-order valence-corrected chi connectivity index (χ0v) is 12.1. The number of aromatic nitrogens is 1. The summed E-state index contributed by atoms with van der Waals surface area (Å²) in [7, 11) is 0. The number of pyridine rings is 1. The lowest BCUT2D eigenvalue weighted by atomic mass is 10.1. The van der Waals surface area contributed by atoms with Crippen LogP contribution >= 0.6 is 11.6 Å². The van der Waals surface area contributed by atoms with Gasteiger partial charge in [0, 0.05) is 29.6 Å². The fourth-order valence-corrected chi connectivity index (χ4v) is 2.25. The van der Waals surface area contributed by atoms with Crippen LogP contribution in [-0.4, -0.2) is 28.5 Å². The van der Waals surface area contributed by atoms with E-state index in [0.717, 1.165) is 5.39 Å². The lowest BCUT2D eigenvalue weighted by molar-refractivity contribution is -0.137. The molecule has 1 amide bonds. The molecule has 0 fully saturated rings. The van der Waals surface area contributed by atoms with Crippen LogP contribution in [-0.2, 0) is 4.79 Å². The first kappa shape index (κ1) is 15.3. The minimum atomic E-state index is -0.827. The summed E-state index contributed by atoms with van der Waals surface area (Å²) in [5.41, 5.74) is 1.03. The second-order valence-corrected chi connectivity index (χ2v) is 5.07. The quantitative estimate of drug-likeness (QED) is 0.804. The maximum absolute atomic E-state index is 12.2. The van der Waals surface area contributed by atoms with Gasteiger partial charge >= 0.3 is 5.97 Å². The number of carbonyl (C=O) groups is 2. The molecular weight excluding hydrogens is 292 g/mol. The number of halogens is 1. The number of nitrogens with one attached hydrogen (secondary N) is 1. The first-order valence-corrected chi connectivity index (χ1v) is 7.00. The van der Waals surface area contributed by atoms with Crippen LogP contribution in [0.3, 0.4) is 0 Å². The highest BCUT2D eigenvalue weighted by Gasteiger charge is 2.12. The summed E-state index contributed by atoms with van der Waals surface area (Å²) in [5, 5.41) is 12.6. The summed E-state index contributed by atoms with van der Waals surface area (Å²) < 4.78 is 0. The summed E-state index contributed by atoms with van der Waals surface area (Å²) >= 11 is 6.01. The molecule has 0 saturated heterocycles. The van der Waals surface area contributed by atoms with Gasteiger partial charge in [0.05, 0.1) is 11.1 Å². The third-order valence-electron chi connectivity index (χ3n) is 3.02. The highest BCUT2D eigenvalue weighted by atomic mass is 35.5. The van der Waals surface area contributed by atoms with Crippen LogP contribution in [0.2, 0.25) is 5.02 Å². The number of nitrogens with zero attached hydrogens (tertiary/aromatic N) is 1.